The van der Waals surface area contributed by atoms with Crippen LogP contribution in [0.1, 0.15) is 40.5 Å². The summed E-state index contributed by atoms with van der Waals surface area (Å²) in [6, 6.07) is 0. The third kappa shape index (κ3) is 6.22. The summed E-state index contributed by atoms with van der Waals surface area (Å²) in [6.45, 7) is 10.1. The molecule has 0 aromatic carbocycles. The van der Waals surface area contributed by atoms with Crippen LogP contribution in [0, 0.1) is 22.7 Å². The van der Waals surface area contributed by atoms with Gasteiger partial charge in [0.15, 0.2) is 11.5 Å². The molecule has 2 aliphatic rings. The lowest BCUT2D eigenvalue weighted by molar-refractivity contribution is -0.131. The Kier molecular flexibility index (Phi) is 8.32. The molecule has 0 saturated heterocycles. The lowest BCUT2D eigenvalue weighted by Gasteiger charge is -2.34. The smallest absolute Gasteiger partial charge is 0.207 e. The molecule has 0 aromatic heterocycles. The van der Waals surface area contributed by atoms with E-state index in [1.807, 2.05) is 27.7 Å². The van der Waals surface area contributed by atoms with Gasteiger partial charge in [-0.3, -0.25) is 9.59 Å². The molecule has 2 aliphatic heterocycles. The molecule has 2 atom stereocenters. The van der Waals surface area contributed by atoms with Gasteiger partial charge in [-0.05, 0) is 23.7 Å². The van der Waals surface area contributed by atoms with Crippen molar-refractivity contribution in [2.24, 2.45) is 22.7 Å². The summed E-state index contributed by atoms with van der Waals surface area (Å²) in [5.41, 5.74) is -0.725. The Bertz CT molecular complexity index is 619. The van der Waals surface area contributed by atoms with Crippen LogP contribution in [0.2, 0.25) is 0 Å². The van der Waals surface area contributed by atoms with E-state index in [2.05, 4.69) is 0 Å². The number of rotatable bonds is 11. The number of aliphatic hydroxyl groups excluding tert-OH is 2. The molecular weight excluding hydrogens is 392 g/mol. The van der Waals surface area contributed by atoms with Crippen molar-refractivity contribution in [1.29, 1.82) is 0 Å². The van der Waals surface area contributed by atoms with E-state index in [0.717, 1.165) is 12.5 Å². The quantitative estimate of drug-likeness (QED) is 0.485. The van der Waals surface area contributed by atoms with E-state index in [-0.39, 0.29) is 47.1 Å². The van der Waals surface area contributed by atoms with Crippen LogP contribution in [0.4, 0.5) is 0 Å². The molecule has 170 valence electrons. The zero-order valence-corrected chi connectivity index (χ0v) is 18.3. The van der Waals surface area contributed by atoms with Crippen LogP contribution >= 0.6 is 0 Å². The SMILES string of the molecule is CC(C)(CCOCCOCCC(C)(C)C1COC=C(O)C1=O)C1COC=C(O)C1=O. The monoisotopic (exact) mass is 426 g/mol. The topological polar surface area (TPSA) is 112 Å². The Morgan fingerprint density at radius 2 is 1.17 bits per heavy atom. The third-order valence-corrected chi connectivity index (χ3v) is 6.09. The van der Waals surface area contributed by atoms with Gasteiger partial charge in [0.1, 0.15) is 12.5 Å². The van der Waals surface area contributed by atoms with Crippen molar-refractivity contribution in [3.8, 4) is 0 Å². The molecule has 0 fully saturated rings. The Hall–Kier alpha value is -2.06. The molecule has 0 aliphatic carbocycles. The van der Waals surface area contributed by atoms with Gasteiger partial charge >= 0.3 is 0 Å². The van der Waals surface area contributed by atoms with Crippen molar-refractivity contribution in [3.05, 3.63) is 24.0 Å². The second kappa shape index (κ2) is 10.3. The molecule has 0 saturated carbocycles. The van der Waals surface area contributed by atoms with Crippen LogP contribution in [-0.4, -0.2) is 61.4 Å². The van der Waals surface area contributed by atoms with Crippen molar-refractivity contribution < 1.29 is 38.7 Å². The molecule has 0 aromatic rings. The summed E-state index contributed by atoms with van der Waals surface area (Å²) in [4.78, 5) is 24.2. The number of ketones is 2. The molecular formula is C22H34O8. The van der Waals surface area contributed by atoms with Crippen LogP contribution < -0.4 is 0 Å². The van der Waals surface area contributed by atoms with Gasteiger partial charge in [-0.2, -0.15) is 0 Å². The van der Waals surface area contributed by atoms with Gasteiger partial charge in [0.05, 0.1) is 38.3 Å². The van der Waals surface area contributed by atoms with Gasteiger partial charge in [-0.15, -0.1) is 0 Å². The summed E-state index contributed by atoms with van der Waals surface area (Å²) in [7, 11) is 0. The minimum absolute atomic E-state index is 0.261. The standard InChI is InChI=1S/C22H34O8/c1-21(2,15-11-29-13-17(23)19(15)25)5-7-27-9-10-28-8-6-22(3,4)16-12-30-14-18(24)20(16)26/h13-16,23-24H,5-12H2,1-4H3. The lowest BCUT2D eigenvalue weighted by atomic mass is 9.73. The van der Waals surface area contributed by atoms with Gasteiger partial charge < -0.3 is 29.2 Å². The Morgan fingerprint density at radius 3 is 1.53 bits per heavy atom. The fourth-order valence-corrected chi connectivity index (χ4v) is 3.57. The van der Waals surface area contributed by atoms with E-state index in [0.29, 0.717) is 39.3 Å². The lowest BCUT2D eigenvalue weighted by Crippen LogP contribution is -2.38. The highest BCUT2D eigenvalue weighted by Crippen LogP contribution is 2.36. The molecule has 30 heavy (non-hydrogen) atoms. The van der Waals surface area contributed by atoms with Gasteiger partial charge in [0.25, 0.3) is 0 Å². The average Bonchev–Trinajstić information content (AvgIpc) is 2.67. The highest BCUT2D eigenvalue weighted by atomic mass is 16.5. The molecule has 8 nitrogen and oxygen atoms in total. The number of allylic oxidation sites excluding steroid dienone is 2. The largest absolute Gasteiger partial charge is 0.502 e. The fraction of sp³-hybridized carbons (Fsp3) is 0.727. The van der Waals surface area contributed by atoms with Crippen LogP contribution in [0.25, 0.3) is 0 Å². The first-order valence-corrected chi connectivity index (χ1v) is 10.3. The van der Waals surface area contributed by atoms with E-state index in [1.165, 1.54) is 0 Å². The highest BCUT2D eigenvalue weighted by molar-refractivity contribution is 5.96. The van der Waals surface area contributed by atoms with Crippen molar-refractivity contribution in [1.82, 2.24) is 0 Å². The van der Waals surface area contributed by atoms with E-state index in [4.69, 9.17) is 18.9 Å². The normalized spacial score (nSPS) is 22.8. The van der Waals surface area contributed by atoms with Crippen molar-refractivity contribution >= 4 is 11.6 Å². The van der Waals surface area contributed by atoms with Gasteiger partial charge in [-0.25, -0.2) is 0 Å². The highest BCUT2D eigenvalue weighted by Gasteiger charge is 2.40. The second-order valence-electron chi connectivity index (χ2n) is 9.21. The summed E-state index contributed by atoms with van der Waals surface area (Å²) < 4.78 is 21.6. The maximum absolute atomic E-state index is 12.1. The van der Waals surface area contributed by atoms with Gasteiger partial charge in [-0.1, -0.05) is 27.7 Å². The van der Waals surface area contributed by atoms with Crippen LogP contribution in [0.5, 0.6) is 0 Å². The molecule has 0 spiro atoms. The van der Waals surface area contributed by atoms with Gasteiger partial charge in [0, 0.05) is 13.2 Å². The number of hydrogen-bond donors (Lipinski definition) is 2. The fourth-order valence-electron chi connectivity index (χ4n) is 3.57. The molecule has 2 rings (SSSR count). The van der Waals surface area contributed by atoms with E-state index in [1.54, 1.807) is 0 Å². The molecule has 8 heteroatoms. The minimum atomic E-state index is -0.398. The predicted molar refractivity (Wildman–Crippen MR) is 109 cm³/mol. The molecule has 2 unspecified atom stereocenters. The maximum Gasteiger partial charge on any atom is 0.207 e. The molecule has 0 amide bonds. The van der Waals surface area contributed by atoms with Crippen LogP contribution in [0.15, 0.2) is 24.0 Å². The Balaban J connectivity index is 1.61. The van der Waals surface area contributed by atoms with Crippen molar-refractivity contribution in [2.45, 2.75) is 40.5 Å². The number of carbonyl (C=O) groups is 2. The maximum atomic E-state index is 12.1. The number of hydrogen-bond acceptors (Lipinski definition) is 8. The summed E-state index contributed by atoms with van der Waals surface area (Å²) in [5.74, 6) is -2.03. The number of ether oxygens (including phenoxy) is 4. The Labute approximate surface area is 177 Å². The minimum Gasteiger partial charge on any atom is -0.502 e. The van der Waals surface area contributed by atoms with E-state index in [9.17, 15) is 19.8 Å². The molecule has 2 N–H and O–H groups in total. The summed E-state index contributed by atoms with van der Waals surface area (Å²) in [6.07, 6.45) is 3.49. The van der Waals surface area contributed by atoms with Crippen LogP contribution in [0.3, 0.4) is 0 Å². The third-order valence-electron chi connectivity index (χ3n) is 6.09. The number of aliphatic hydroxyl groups is 2. The molecule has 2 heterocycles. The molecule has 0 radical (unpaired) electrons. The zero-order chi connectivity index (χ0) is 22.4. The average molecular weight is 427 g/mol. The zero-order valence-electron chi connectivity index (χ0n) is 18.3. The summed E-state index contributed by atoms with van der Waals surface area (Å²) >= 11 is 0. The second-order valence-corrected chi connectivity index (χ2v) is 9.21. The first-order chi connectivity index (χ1) is 14.1. The van der Waals surface area contributed by atoms with Gasteiger partial charge in [0.2, 0.25) is 11.6 Å². The summed E-state index contributed by atoms with van der Waals surface area (Å²) in [5, 5.41) is 19.1. The molecule has 0 bridgehead atoms. The first kappa shape index (κ1) is 24.2. The number of Topliss-reactive ketones (excluding diaryl/α,β-unsaturated/α-hetero) is 2. The first-order valence-electron chi connectivity index (χ1n) is 10.3. The predicted octanol–water partition coefficient (Wildman–Crippen LogP) is 3.08. The van der Waals surface area contributed by atoms with Crippen molar-refractivity contribution in [3.63, 3.8) is 0 Å². The Morgan fingerprint density at radius 1 is 0.800 bits per heavy atom. The number of carbonyl (C=O) groups excluding carboxylic acids is 2. The van der Waals surface area contributed by atoms with Crippen LogP contribution in [-0.2, 0) is 28.5 Å². The van der Waals surface area contributed by atoms with E-state index >= 15 is 0 Å². The van der Waals surface area contributed by atoms with E-state index < -0.39 is 11.8 Å². The van der Waals surface area contributed by atoms with Crippen molar-refractivity contribution in [2.75, 3.05) is 39.6 Å².